The molecule has 12 nitrogen and oxygen atoms in total. The van der Waals surface area contributed by atoms with Crippen molar-refractivity contribution in [3.05, 3.63) is 48.6 Å². The Morgan fingerprint density at radius 1 is 0.507 bits per heavy atom. The highest BCUT2D eigenvalue weighted by molar-refractivity contribution is 7.85. The number of rotatable bonds is 47. The molecule has 69 heavy (non-hydrogen) atoms. The molecular weight excluding hydrogens is 897 g/mol. The number of unbranched alkanes of at least 4 members (excludes halogenated alkanes) is 27. The van der Waals surface area contributed by atoms with Crippen LogP contribution in [0.1, 0.15) is 239 Å². The lowest BCUT2D eigenvalue weighted by Crippen LogP contribution is -2.60. The number of carbonyl (C=O) groups is 2. The minimum atomic E-state index is -4.61. The Morgan fingerprint density at radius 2 is 0.913 bits per heavy atom. The van der Waals surface area contributed by atoms with Crippen molar-refractivity contribution in [1.82, 2.24) is 0 Å². The molecule has 0 aliphatic carbocycles. The monoisotopic (exact) mass is 997 g/mol. The lowest BCUT2D eigenvalue weighted by Gasteiger charge is -2.40. The molecule has 1 fully saturated rings. The van der Waals surface area contributed by atoms with E-state index in [2.05, 4.69) is 62.5 Å². The van der Waals surface area contributed by atoms with Gasteiger partial charge in [-0.1, -0.05) is 223 Å². The third-order valence-corrected chi connectivity index (χ3v) is 13.4. The van der Waals surface area contributed by atoms with Crippen LogP contribution in [0.4, 0.5) is 0 Å². The van der Waals surface area contributed by atoms with Gasteiger partial charge in [0.1, 0.15) is 36.8 Å². The molecule has 13 heteroatoms. The van der Waals surface area contributed by atoms with Crippen LogP contribution in [0.5, 0.6) is 0 Å². The number of aliphatic hydroxyl groups excluding tert-OH is 3. The summed E-state index contributed by atoms with van der Waals surface area (Å²) >= 11 is 0. The lowest BCUT2D eigenvalue weighted by atomic mass is 10.00. The van der Waals surface area contributed by atoms with E-state index in [4.69, 9.17) is 18.9 Å². The topological polar surface area (TPSA) is 186 Å². The molecule has 0 amide bonds. The van der Waals surface area contributed by atoms with Gasteiger partial charge in [-0.3, -0.25) is 14.1 Å². The molecule has 1 saturated heterocycles. The number of carbonyl (C=O) groups excluding carboxylic acids is 2. The normalized spacial score (nSPS) is 19.4. The van der Waals surface area contributed by atoms with E-state index >= 15 is 0 Å². The van der Waals surface area contributed by atoms with Crippen molar-refractivity contribution in [2.75, 3.05) is 19.0 Å². The molecule has 0 saturated carbocycles. The van der Waals surface area contributed by atoms with Crippen molar-refractivity contribution in [3.8, 4) is 0 Å². The van der Waals surface area contributed by atoms with E-state index in [1.807, 2.05) is 0 Å². The zero-order valence-corrected chi connectivity index (χ0v) is 44.2. The van der Waals surface area contributed by atoms with Gasteiger partial charge in [0.25, 0.3) is 10.1 Å². The molecule has 1 heterocycles. The Morgan fingerprint density at radius 3 is 1.36 bits per heavy atom. The van der Waals surface area contributed by atoms with Gasteiger partial charge in [0.15, 0.2) is 12.4 Å². The maximum Gasteiger partial charge on any atom is 0.306 e. The first-order valence-corrected chi connectivity index (χ1v) is 29.3. The van der Waals surface area contributed by atoms with Crippen molar-refractivity contribution in [1.29, 1.82) is 0 Å². The van der Waals surface area contributed by atoms with Gasteiger partial charge in [-0.15, -0.1) is 0 Å². The van der Waals surface area contributed by atoms with Gasteiger partial charge < -0.3 is 34.3 Å². The fraction of sp³-hybridized carbons (Fsp3) is 0.821. The third-order valence-electron chi connectivity index (χ3n) is 12.7. The summed E-state index contributed by atoms with van der Waals surface area (Å²) < 4.78 is 54.4. The van der Waals surface area contributed by atoms with Crippen LogP contribution >= 0.6 is 0 Å². The minimum Gasteiger partial charge on any atom is -0.462 e. The summed E-state index contributed by atoms with van der Waals surface area (Å²) in [5.74, 6) is -1.98. The number of allylic oxidation sites excluding steroid dienone is 8. The average Bonchev–Trinajstić information content (AvgIpc) is 3.32. The highest BCUT2D eigenvalue weighted by Gasteiger charge is 2.46. The number of hydrogen-bond donors (Lipinski definition) is 4. The van der Waals surface area contributed by atoms with Gasteiger partial charge in [-0.2, -0.15) is 8.42 Å². The molecule has 402 valence electrons. The number of aliphatic hydroxyl groups is 3. The zero-order valence-electron chi connectivity index (χ0n) is 43.4. The van der Waals surface area contributed by atoms with Crippen molar-refractivity contribution in [2.24, 2.45) is 0 Å². The van der Waals surface area contributed by atoms with E-state index in [0.717, 1.165) is 77.0 Å². The summed E-state index contributed by atoms with van der Waals surface area (Å²) in [6.07, 6.45) is 47.2. The fourth-order valence-electron chi connectivity index (χ4n) is 8.44. The second-order valence-electron chi connectivity index (χ2n) is 19.2. The summed E-state index contributed by atoms with van der Waals surface area (Å²) in [6, 6.07) is 0. The molecule has 0 bridgehead atoms. The number of esters is 2. The van der Waals surface area contributed by atoms with Crippen LogP contribution in [0, 0.1) is 0 Å². The predicted molar refractivity (Wildman–Crippen MR) is 279 cm³/mol. The molecular formula is C56H100O12S. The zero-order chi connectivity index (χ0) is 50.5. The Kier molecular flexibility index (Phi) is 42.6. The van der Waals surface area contributed by atoms with Crippen molar-refractivity contribution >= 4 is 22.1 Å². The average molecular weight is 997 g/mol. The lowest BCUT2D eigenvalue weighted by molar-refractivity contribution is -0.297. The molecule has 1 aliphatic heterocycles. The highest BCUT2D eigenvalue weighted by Crippen LogP contribution is 2.24. The minimum absolute atomic E-state index is 0.160. The van der Waals surface area contributed by atoms with E-state index in [9.17, 15) is 37.9 Å². The molecule has 4 N–H and O–H groups in total. The van der Waals surface area contributed by atoms with Crippen LogP contribution in [0.2, 0.25) is 0 Å². The van der Waals surface area contributed by atoms with Crippen LogP contribution < -0.4 is 0 Å². The SMILES string of the molecule is CC/C=C\C/C=C\C/C=C\C/C=C\CCCCCCCCCCCCC(=O)OC(COC(=O)CCCCCCCCCCCCCCCCCCCC)COC1OC(CS(=O)(=O)O)C(O)C(O)C1O. The number of hydrogen-bond acceptors (Lipinski definition) is 11. The molecule has 6 atom stereocenters. The summed E-state index contributed by atoms with van der Waals surface area (Å²) in [4.78, 5) is 25.6. The van der Waals surface area contributed by atoms with Crippen LogP contribution in [-0.4, -0.2) is 96.0 Å². The van der Waals surface area contributed by atoms with Crippen molar-refractivity contribution in [3.63, 3.8) is 0 Å². The Hall–Kier alpha value is -2.39. The maximum absolute atomic E-state index is 12.9. The van der Waals surface area contributed by atoms with Gasteiger partial charge >= 0.3 is 11.9 Å². The van der Waals surface area contributed by atoms with Crippen molar-refractivity contribution in [2.45, 2.75) is 275 Å². The quantitative estimate of drug-likeness (QED) is 0.0196. The van der Waals surface area contributed by atoms with E-state index in [0.29, 0.717) is 12.8 Å². The fourth-order valence-corrected chi connectivity index (χ4v) is 9.13. The van der Waals surface area contributed by atoms with Gasteiger partial charge in [-0.25, -0.2) is 0 Å². The smallest absolute Gasteiger partial charge is 0.306 e. The Bertz CT molecular complexity index is 1450. The molecule has 0 spiro atoms. The predicted octanol–water partition coefficient (Wildman–Crippen LogP) is 13.1. The molecule has 1 rings (SSSR count). The van der Waals surface area contributed by atoms with Gasteiger partial charge in [0, 0.05) is 12.8 Å². The molecule has 6 unspecified atom stereocenters. The molecule has 0 radical (unpaired) electrons. The molecule has 0 aromatic carbocycles. The standard InChI is InChI=1S/C56H100O12S/c1-3-5-7-9-11-13-15-17-19-21-23-24-25-26-27-29-31-33-35-37-39-41-43-45-52(58)67-49(47-66-56-55(61)54(60)53(59)50(68-56)48-69(62,63)64)46-65-51(57)44-42-40-38-36-34-32-30-28-22-20-18-16-14-12-10-8-6-4-2/h5,7,11,13,17,19,23-24,49-50,53-56,59-61H,3-4,6,8-10,12,14-16,18,20-22,25-48H2,1-2H3,(H,62,63,64)/b7-5-,13-11-,19-17-,24-23-. The van der Waals surface area contributed by atoms with Gasteiger partial charge in [0.05, 0.1) is 6.61 Å². The summed E-state index contributed by atoms with van der Waals surface area (Å²) in [7, 11) is -4.61. The number of ether oxygens (including phenoxy) is 4. The van der Waals surface area contributed by atoms with E-state index in [1.54, 1.807) is 0 Å². The van der Waals surface area contributed by atoms with E-state index in [-0.39, 0.29) is 19.4 Å². The Labute approximate surface area is 420 Å². The summed E-state index contributed by atoms with van der Waals surface area (Å²) in [6.45, 7) is 3.69. The highest BCUT2D eigenvalue weighted by atomic mass is 32.2. The first-order chi connectivity index (χ1) is 33.5. The first kappa shape index (κ1) is 64.6. The molecule has 0 aromatic rings. The summed E-state index contributed by atoms with van der Waals surface area (Å²) in [5, 5.41) is 31.0. The molecule has 0 aromatic heterocycles. The molecule has 1 aliphatic rings. The van der Waals surface area contributed by atoms with E-state index < -0.39 is 71.2 Å². The van der Waals surface area contributed by atoms with Crippen LogP contribution in [-0.2, 0) is 38.7 Å². The van der Waals surface area contributed by atoms with Gasteiger partial charge in [-0.05, 0) is 51.4 Å². The first-order valence-electron chi connectivity index (χ1n) is 27.7. The Balaban J connectivity index is 2.33. The van der Waals surface area contributed by atoms with Crippen molar-refractivity contribution < 1.29 is 56.8 Å². The maximum atomic E-state index is 12.9. The van der Waals surface area contributed by atoms with Crippen LogP contribution in [0.3, 0.4) is 0 Å². The summed E-state index contributed by atoms with van der Waals surface area (Å²) in [5.41, 5.74) is 0. The van der Waals surface area contributed by atoms with Crippen LogP contribution in [0.25, 0.3) is 0 Å². The second kappa shape index (κ2) is 45.5. The van der Waals surface area contributed by atoms with Crippen LogP contribution in [0.15, 0.2) is 48.6 Å². The largest absolute Gasteiger partial charge is 0.462 e. The van der Waals surface area contributed by atoms with Gasteiger partial charge in [0.2, 0.25) is 0 Å². The second-order valence-corrected chi connectivity index (χ2v) is 20.7. The third kappa shape index (κ3) is 39.9. The van der Waals surface area contributed by atoms with E-state index in [1.165, 1.54) is 122 Å².